The Kier molecular flexibility index (Phi) is 3.28. The maximum atomic E-state index is 14.4. The SMILES string of the molecule is CCOC(=O)c1cn2c3c(c(F)c(F)c(N)c3c1=O)OCC1(CC1)C2. The Morgan fingerprint density at radius 1 is 1.40 bits per heavy atom. The van der Waals surface area contributed by atoms with Crippen LogP contribution in [0.3, 0.4) is 0 Å². The number of halogens is 2. The van der Waals surface area contributed by atoms with Gasteiger partial charge in [0.25, 0.3) is 0 Å². The predicted octanol–water partition coefficient (Wildman–Crippen LogP) is 2.21. The van der Waals surface area contributed by atoms with Gasteiger partial charge in [-0.25, -0.2) is 9.18 Å². The average molecular weight is 350 g/mol. The Bertz CT molecular complexity index is 979. The molecule has 0 amide bonds. The molecule has 1 spiro atoms. The lowest BCUT2D eigenvalue weighted by molar-refractivity contribution is 0.0524. The molecule has 25 heavy (non-hydrogen) atoms. The van der Waals surface area contributed by atoms with E-state index in [1.54, 1.807) is 11.5 Å². The van der Waals surface area contributed by atoms with E-state index >= 15 is 0 Å². The van der Waals surface area contributed by atoms with Gasteiger partial charge in [0.15, 0.2) is 11.6 Å². The molecule has 2 N–H and O–H groups in total. The molecule has 6 nitrogen and oxygen atoms in total. The number of hydrogen-bond donors (Lipinski definition) is 1. The molecule has 1 aliphatic carbocycles. The molecule has 2 heterocycles. The van der Waals surface area contributed by atoms with Gasteiger partial charge in [0.1, 0.15) is 11.1 Å². The van der Waals surface area contributed by atoms with E-state index in [1.807, 2.05) is 0 Å². The number of carbonyl (C=O) groups is 1. The van der Waals surface area contributed by atoms with E-state index in [2.05, 4.69) is 0 Å². The number of nitrogens with two attached hydrogens (primary N) is 1. The van der Waals surface area contributed by atoms with Crippen molar-refractivity contribution in [1.82, 2.24) is 4.57 Å². The van der Waals surface area contributed by atoms with Crippen LogP contribution in [0, 0.1) is 17.0 Å². The summed E-state index contributed by atoms with van der Waals surface area (Å²) < 4.78 is 40.6. The lowest BCUT2D eigenvalue weighted by atomic mass is 10.1. The van der Waals surface area contributed by atoms with Gasteiger partial charge in [-0.1, -0.05) is 0 Å². The first-order valence-electron chi connectivity index (χ1n) is 8.02. The molecule has 0 unspecified atom stereocenters. The molecule has 1 aromatic carbocycles. The number of hydrogen-bond acceptors (Lipinski definition) is 5. The third-order valence-electron chi connectivity index (χ3n) is 4.87. The van der Waals surface area contributed by atoms with Crippen molar-refractivity contribution in [3.63, 3.8) is 0 Å². The summed E-state index contributed by atoms with van der Waals surface area (Å²) in [6.45, 7) is 2.34. The van der Waals surface area contributed by atoms with E-state index < -0.39 is 28.7 Å². The lowest BCUT2D eigenvalue weighted by Gasteiger charge is -2.16. The van der Waals surface area contributed by atoms with Crippen molar-refractivity contribution in [2.24, 2.45) is 5.41 Å². The molecule has 1 aliphatic heterocycles. The summed E-state index contributed by atoms with van der Waals surface area (Å²) in [4.78, 5) is 24.9. The molecule has 1 aromatic heterocycles. The molecule has 1 saturated carbocycles. The summed E-state index contributed by atoms with van der Waals surface area (Å²) >= 11 is 0. The Balaban J connectivity index is 2.10. The van der Waals surface area contributed by atoms with Crippen LogP contribution in [0.1, 0.15) is 30.1 Å². The summed E-state index contributed by atoms with van der Waals surface area (Å²) in [7, 11) is 0. The van der Waals surface area contributed by atoms with Crippen LogP contribution in [0.5, 0.6) is 5.75 Å². The first kappa shape index (κ1) is 15.9. The highest BCUT2D eigenvalue weighted by molar-refractivity contribution is 6.00. The number of pyridine rings is 1. The number of esters is 1. The van der Waals surface area contributed by atoms with Gasteiger partial charge in [-0.2, -0.15) is 4.39 Å². The van der Waals surface area contributed by atoms with E-state index in [0.717, 1.165) is 12.8 Å². The van der Waals surface area contributed by atoms with Crippen molar-refractivity contribution < 1.29 is 23.0 Å². The van der Waals surface area contributed by atoms with Crippen LogP contribution >= 0.6 is 0 Å². The fourth-order valence-corrected chi connectivity index (χ4v) is 3.31. The minimum absolute atomic E-state index is 0.0817. The molecule has 2 aromatic rings. The van der Waals surface area contributed by atoms with Gasteiger partial charge in [0, 0.05) is 18.2 Å². The van der Waals surface area contributed by atoms with E-state index in [0.29, 0.717) is 6.54 Å². The van der Waals surface area contributed by atoms with Crippen molar-refractivity contribution in [1.29, 1.82) is 0 Å². The minimum Gasteiger partial charge on any atom is -0.488 e. The fourth-order valence-electron chi connectivity index (χ4n) is 3.31. The third-order valence-corrected chi connectivity index (χ3v) is 4.87. The van der Waals surface area contributed by atoms with Crippen molar-refractivity contribution in [3.8, 4) is 5.75 Å². The van der Waals surface area contributed by atoms with E-state index in [1.165, 1.54) is 6.20 Å². The fraction of sp³-hybridized carbons (Fsp3) is 0.412. The maximum Gasteiger partial charge on any atom is 0.343 e. The summed E-state index contributed by atoms with van der Waals surface area (Å²) in [6.07, 6.45) is 3.06. The highest BCUT2D eigenvalue weighted by Crippen LogP contribution is 2.50. The monoisotopic (exact) mass is 350 g/mol. The van der Waals surface area contributed by atoms with Crippen molar-refractivity contribution in [2.75, 3.05) is 18.9 Å². The molecule has 8 heteroatoms. The summed E-state index contributed by atoms with van der Waals surface area (Å²) in [5, 5.41) is -0.253. The van der Waals surface area contributed by atoms with Crippen molar-refractivity contribution in [3.05, 3.63) is 33.6 Å². The number of nitrogens with zero attached hydrogens (tertiary/aromatic N) is 1. The zero-order valence-corrected chi connectivity index (χ0v) is 13.5. The highest BCUT2D eigenvalue weighted by atomic mass is 19.2. The molecule has 132 valence electrons. The topological polar surface area (TPSA) is 83.5 Å². The smallest absolute Gasteiger partial charge is 0.343 e. The van der Waals surface area contributed by atoms with E-state index in [-0.39, 0.29) is 40.8 Å². The first-order valence-corrected chi connectivity index (χ1v) is 8.02. The second kappa shape index (κ2) is 5.18. The summed E-state index contributed by atoms with van der Waals surface area (Å²) in [6, 6.07) is 0. The third kappa shape index (κ3) is 2.20. The van der Waals surface area contributed by atoms with Gasteiger partial charge in [-0.3, -0.25) is 4.79 Å². The maximum absolute atomic E-state index is 14.4. The van der Waals surface area contributed by atoms with Crippen LogP contribution in [0.25, 0.3) is 10.9 Å². The quantitative estimate of drug-likeness (QED) is 0.663. The van der Waals surface area contributed by atoms with Gasteiger partial charge in [-0.15, -0.1) is 0 Å². The number of benzene rings is 1. The van der Waals surface area contributed by atoms with E-state index in [4.69, 9.17) is 15.2 Å². The Morgan fingerprint density at radius 2 is 2.12 bits per heavy atom. The molecule has 0 atom stereocenters. The number of anilines is 1. The second-order valence-electron chi connectivity index (χ2n) is 6.60. The summed E-state index contributed by atoms with van der Waals surface area (Å²) in [5.74, 6) is -3.73. The van der Waals surface area contributed by atoms with Crippen LogP contribution in [0.2, 0.25) is 0 Å². The molecule has 0 bridgehead atoms. The van der Waals surface area contributed by atoms with Gasteiger partial charge in [0.05, 0.1) is 24.3 Å². The first-order chi connectivity index (χ1) is 11.9. The predicted molar refractivity (Wildman–Crippen MR) is 85.7 cm³/mol. The molecule has 0 radical (unpaired) electrons. The standard InChI is InChI=1S/C17H16F2N2O4/c1-2-24-16(23)8-5-21-6-17(3-4-17)7-25-15-11(19)10(18)12(20)9(13(15)21)14(8)22/h5H,2-4,6-7,20H2,1H3. The zero-order valence-electron chi connectivity index (χ0n) is 13.5. The van der Waals surface area contributed by atoms with Crippen LogP contribution in [0.15, 0.2) is 11.0 Å². The molecule has 2 aliphatic rings. The number of aromatic nitrogens is 1. The normalized spacial score (nSPS) is 17.2. The molecule has 4 rings (SSSR count). The molecular weight excluding hydrogens is 334 g/mol. The summed E-state index contributed by atoms with van der Waals surface area (Å²) in [5.41, 5.74) is 3.88. The molecule has 1 fully saturated rings. The van der Waals surface area contributed by atoms with Gasteiger partial charge in [0.2, 0.25) is 11.2 Å². The Morgan fingerprint density at radius 3 is 2.76 bits per heavy atom. The molecular formula is C17H16F2N2O4. The zero-order chi connectivity index (χ0) is 17.9. The van der Waals surface area contributed by atoms with E-state index in [9.17, 15) is 18.4 Å². The van der Waals surface area contributed by atoms with Gasteiger partial charge >= 0.3 is 5.97 Å². The van der Waals surface area contributed by atoms with Crippen molar-refractivity contribution in [2.45, 2.75) is 26.3 Å². The minimum atomic E-state index is -1.35. The highest BCUT2D eigenvalue weighted by Gasteiger charge is 2.46. The number of rotatable bonds is 2. The largest absolute Gasteiger partial charge is 0.488 e. The van der Waals surface area contributed by atoms with Crippen LogP contribution in [0.4, 0.5) is 14.5 Å². The van der Waals surface area contributed by atoms with Crippen molar-refractivity contribution >= 4 is 22.6 Å². The second-order valence-corrected chi connectivity index (χ2v) is 6.60. The van der Waals surface area contributed by atoms with Crippen LogP contribution in [-0.4, -0.2) is 23.8 Å². The van der Waals surface area contributed by atoms with Gasteiger partial charge in [-0.05, 0) is 19.8 Å². The van der Waals surface area contributed by atoms with Crippen LogP contribution < -0.4 is 15.9 Å². The number of ether oxygens (including phenoxy) is 2. The number of nitrogen functional groups attached to an aromatic ring is 1. The number of carbonyl (C=O) groups excluding carboxylic acids is 1. The average Bonchev–Trinajstić information content (AvgIpc) is 3.36. The Labute approximate surface area is 141 Å². The van der Waals surface area contributed by atoms with Crippen LogP contribution in [-0.2, 0) is 11.3 Å². The lowest BCUT2D eigenvalue weighted by Crippen LogP contribution is -2.23. The molecule has 0 saturated heterocycles. The Hall–Kier alpha value is -2.64. The van der Waals surface area contributed by atoms with Gasteiger partial charge < -0.3 is 19.8 Å².